The van der Waals surface area contributed by atoms with Crippen LogP contribution < -0.4 is 10.1 Å². The van der Waals surface area contributed by atoms with Crippen LogP contribution in [0.1, 0.15) is 16.8 Å². The van der Waals surface area contributed by atoms with Crippen LogP contribution in [-0.4, -0.2) is 23.6 Å². The SMILES string of the molecule is COc1ccc2ncc(C#N)c(NCCc3c(C)[nH]c4ccc(F)cc34)c2c1. The Bertz CT molecular complexity index is 1220. The maximum Gasteiger partial charge on any atom is 0.123 e. The third kappa shape index (κ3) is 3.12. The summed E-state index contributed by atoms with van der Waals surface area (Å²) in [5.74, 6) is 0.454. The summed E-state index contributed by atoms with van der Waals surface area (Å²) >= 11 is 0. The summed E-state index contributed by atoms with van der Waals surface area (Å²) in [5.41, 5.74) is 5.00. The van der Waals surface area contributed by atoms with Crippen molar-refractivity contribution in [1.29, 1.82) is 5.26 Å². The molecule has 0 saturated carbocycles. The quantitative estimate of drug-likeness (QED) is 0.531. The van der Waals surface area contributed by atoms with Gasteiger partial charge in [0.1, 0.15) is 17.6 Å². The number of halogens is 1. The van der Waals surface area contributed by atoms with Crippen molar-refractivity contribution in [2.75, 3.05) is 19.0 Å². The van der Waals surface area contributed by atoms with Crippen molar-refractivity contribution in [3.05, 3.63) is 65.2 Å². The van der Waals surface area contributed by atoms with E-state index in [0.29, 0.717) is 24.3 Å². The minimum atomic E-state index is -0.250. The van der Waals surface area contributed by atoms with Crippen LogP contribution in [0.2, 0.25) is 0 Å². The zero-order valence-corrected chi connectivity index (χ0v) is 15.6. The number of nitrogens with zero attached hydrogens (tertiary/aromatic N) is 2. The first kappa shape index (κ1) is 17.8. The molecule has 0 saturated heterocycles. The fourth-order valence-electron chi connectivity index (χ4n) is 3.56. The second-order valence-corrected chi connectivity index (χ2v) is 6.64. The first-order valence-electron chi connectivity index (χ1n) is 8.98. The molecule has 5 nitrogen and oxygen atoms in total. The molecule has 140 valence electrons. The predicted molar refractivity (Wildman–Crippen MR) is 108 cm³/mol. The van der Waals surface area contributed by atoms with Crippen LogP contribution in [-0.2, 0) is 6.42 Å². The first-order chi connectivity index (χ1) is 13.6. The Labute approximate surface area is 161 Å². The van der Waals surface area contributed by atoms with Crippen molar-refractivity contribution in [2.45, 2.75) is 13.3 Å². The number of nitrogens with one attached hydrogen (secondary N) is 2. The van der Waals surface area contributed by atoms with Crippen LogP contribution in [0.5, 0.6) is 5.75 Å². The maximum atomic E-state index is 13.7. The number of benzene rings is 2. The average Bonchev–Trinajstić information content (AvgIpc) is 3.02. The van der Waals surface area contributed by atoms with Gasteiger partial charge < -0.3 is 15.0 Å². The molecule has 0 amide bonds. The van der Waals surface area contributed by atoms with E-state index >= 15 is 0 Å². The second kappa shape index (κ2) is 7.20. The van der Waals surface area contributed by atoms with Crippen molar-refractivity contribution in [2.24, 2.45) is 0 Å². The smallest absolute Gasteiger partial charge is 0.123 e. The van der Waals surface area contributed by atoms with Crippen LogP contribution in [0.3, 0.4) is 0 Å². The Balaban J connectivity index is 1.65. The lowest BCUT2D eigenvalue weighted by Gasteiger charge is -2.12. The molecule has 0 aliphatic carbocycles. The largest absolute Gasteiger partial charge is 0.497 e. The Morgan fingerprint density at radius 1 is 1.21 bits per heavy atom. The highest BCUT2D eigenvalue weighted by Gasteiger charge is 2.12. The summed E-state index contributed by atoms with van der Waals surface area (Å²) < 4.78 is 19.0. The van der Waals surface area contributed by atoms with Gasteiger partial charge in [0.15, 0.2) is 0 Å². The summed E-state index contributed by atoms with van der Waals surface area (Å²) in [6, 6.07) is 12.5. The van der Waals surface area contributed by atoms with E-state index < -0.39 is 0 Å². The van der Waals surface area contributed by atoms with Gasteiger partial charge in [0, 0.05) is 34.7 Å². The Kier molecular flexibility index (Phi) is 4.58. The monoisotopic (exact) mass is 374 g/mol. The topological polar surface area (TPSA) is 73.7 Å². The molecule has 6 heteroatoms. The van der Waals surface area contributed by atoms with Crippen LogP contribution in [0.25, 0.3) is 21.8 Å². The number of rotatable bonds is 5. The number of hydrogen-bond donors (Lipinski definition) is 2. The Morgan fingerprint density at radius 3 is 2.86 bits per heavy atom. The standard InChI is InChI=1S/C22H19FN4O/c1-13-17(18-9-15(23)3-5-21(18)27-13)7-8-25-22-14(11-24)12-26-20-6-4-16(28-2)10-19(20)22/h3-6,9-10,12,27H,7-8H2,1-2H3,(H,25,26). The first-order valence-corrected chi connectivity index (χ1v) is 8.98. The van der Waals surface area contributed by atoms with Gasteiger partial charge in [-0.2, -0.15) is 5.26 Å². The number of anilines is 1. The molecule has 28 heavy (non-hydrogen) atoms. The molecule has 0 radical (unpaired) electrons. The maximum absolute atomic E-state index is 13.7. The number of aromatic nitrogens is 2. The summed E-state index contributed by atoms with van der Waals surface area (Å²) in [6.45, 7) is 2.58. The van der Waals surface area contributed by atoms with E-state index in [4.69, 9.17) is 4.74 Å². The second-order valence-electron chi connectivity index (χ2n) is 6.64. The summed E-state index contributed by atoms with van der Waals surface area (Å²) in [7, 11) is 1.61. The highest BCUT2D eigenvalue weighted by atomic mass is 19.1. The minimum Gasteiger partial charge on any atom is -0.497 e. The molecule has 2 heterocycles. The molecule has 0 aliphatic rings. The zero-order valence-electron chi connectivity index (χ0n) is 15.6. The number of methoxy groups -OCH3 is 1. The molecular formula is C22H19FN4O. The molecule has 4 aromatic rings. The van der Waals surface area contributed by atoms with Gasteiger partial charge in [-0.25, -0.2) is 4.39 Å². The Hall–Kier alpha value is -3.59. The summed E-state index contributed by atoms with van der Waals surface area (Å²) in [4.78, 5) is 7.64. The van der Waals surface area contributed by atoms with Gasteiger partial charge in [-0.15, -0.1) is 0 Å². The molecule has 0 spiro atoms. The molecular weight excluding hydrogens is 355 g/mol. The fraction of sp³-hybridized carbons (Fsp3) is 0.182. The number of fused-ring (bicyclic) bond motifs is 2. The van der Waals surface area contributed by atoms with E-state index in [1.807, 2.05) is 25.1 Å². The van der Waals surface area contributed by atoms with E-state index in [-0.39, 0.29) is 5.82 Å². The molecule has 2 aromatic carbocycles. The van der Waals surface area contributed by atoms with Crippen molar-refractivity contribution in [3.63, 3.8) is 0 Å². The number of ether oxygens (including phenoxy) is 1. The highest BCUT2D eigenvalue weighted by molar-refractivity contribution is 5.95. The van der Waals surface area contributed by atoms with Crippen molar-refractivity contribution in [3.8, 4) is 11.8 Å². The van der Waals surface area contributed by atoms with Crippen LogP contribution in [0, 0.1) is 24.1 Å². The minimum absolute atomic E-state index is 0.250. The molecule has 0 unspecified atom stereocenters. The average molecular weight is 374 g/mol. The zero-order chi connectivity index (χ0) is 19.7. The van der Waals surface area contributed by atoms with Crippen LogP contribution in [0.4, 0.5) is 10.1 Å². The normalized spacial score (nSPS) is 10.9. The van der Waals surface area contributed by atoms with Crippen LogP contribution >= 0.6 is 0 Å². The van der Waals surface area contributed by atoms with Crippen molar-refractivity contribution < 1.29 is 9.13 Å². The molecule has 2 aromatic heterocycles. The van der Waals surface area contributed by atoms with Gasteiger partial charge in [0.05, 0.1) is 23.9 Å². The number of nitriles is 1. The van der Waals surface area contributed by atoms with E-state index in [9.17, 15) is 9.65 Å². The summed E-state index contributed by atoms with van der Waals surface area (Å²) in [6.07, 6.45) is 2.26. The third-order valence-electron chi connectivity index (χ3n) is 4.95. The molecule has 4 rings (SSSR count). The number of aryl methyl sites for hydroxylation is 1. The van der Waals surface area contributed by atoms with Gasteiger partial charge in [-0.1, -0.05) is 0 Å². The van der Waals surface area contributed by atoms with E-state index in [1.54, 1.807) is 25.4 Å². The van der Waals surface area contributed by atoms with Gasteiger partial charge >= 0.3 is 0 Å². The number of H-pyrrole nitrogens is 1. The lowest BCUT2D eigenvalue weighted by Crippen LogP contribution is -2.08. The van der Waals surface area contributed by atoms with E-state index in [2.05, 4.69) is 21.4 Å². The predicted octanol–water partition coefficient (Wildman–Crippen LogP) is 4.70. The summed E-state index contributed by atoms with van der Waals surface area (Å²) in [5, 5.41) is 14.6. The molecule has 0 fully saturated rings. The fourth-order valence-corrected chi connectivity index (χ4v) is 3.56. The van der Waals surface area contributed by atoms with Crippen molar-refractivity contribution >= 4 is 27.5 Å². The molecule has 0 aliphatic heterocycles. The molecule has 0 atom stereocenters. The van der Waals surface area contributed by atoms with Gasteiger partial charge in [0.25, 0.3) is 0 Å². The van der Waals surface area contributed by atoms with Gasteiger partial charge in [-0.3, -0.25) is 4.98 Å². The van der Waals surface area contributed by atoms with Gasteiger partial charge in [-0.05, 0) is 55.3 Å². The van der Waals surface area contributed by atoms with Gasteiger partial charge in [0.2, 0.25) is 0 Å². The molecule has 0 bridgehead atoms. The number of aromatic amines is 1. The van der Waals surface area contributed by atoms with E-state index in [1.165, 1.54) is 6.07 Å². The Morgan fingerprint density at radius 2 is 2.07 bits per heavy atom. The lowest BCUT2D eigenvalue weighted by atomic mass is 10.1. The van der Waals surface area contributed by atoms with E-state index in [0.717, 1.165) is 38.8 Å². The lowest BCUT2D eigenvalue weighted by molar-refractivity contribution is 0.415. The number of pyridine rings is 1. The van der Waals surface area contributed by atoms with Crippen LogP contribution in [0.15, 0.2) is 42.6 Å². The molecule has 2 N–H and O–H groups in total. The van der Waals surface area contributed by atoms with Crippen molar-refractivity contribution in [1.82, 2.24) is 9.97 Å². The number of hydrogen-bond acceptors (Lipinski definition) is 4. The highest BCUT2D eigenvalue weighted by Crippen LogP contribution is 2.29. The third-order valence-corrected chi connectivity index (χ3v) is 4.95.